The summed E-state index contributed by atoms with van der Waals surface area (Å²) in [6.07, 6.45) is 2.09. The van der Waals surface area contributed by atoms with Gasteiger partial charge in [0.25, 0.3) is 10.0 Å². The number of para-hydroxylation sites is 1. The minimum Gasteiger partial charge on any atom is -0.494 e. The normalized spacial score (nSPS) is 11.9. The molecule has 0 aromatic heterocycles. The molecule has 220 valence electrons. The second kappa shape index (κ2) is 15.4. The lowest BCUT2D eigenvalue weighted by Crippen LogP contribution is -2.52. The molecule has 0 aliphatic rings. The third-order valence-electron chi connectivity index (χ3n) is 6.53. The van der Waals surface area contributed by atoms with Crippen molar-refractivity contribution in [2.24, 2.45) is 0 Å². The number of ether oxygens (including phenoxy) is 1. The molecule has 41 heavy (non-hydrogen) atoms. The van der Waals surface area contributed by atoms with Gasteiger partial charge in [-0.05, 0) is 73.9 Å². The lowest BCUT2D eigenvalue weighted by Gasteiger charge is -2.33. The second-order valence-corrected chi connectivity index (χ2v) is 11.8. The monoisotopic (exact) mass is 599 g/mol. The lowest BCUT2D eigenvalue weighted by molar-refractivity contribution is -0.140. The number of unbranched alkanes of at least 4 members (excludes halogenated alkanes) is 1. The Balaban J connectivity index is 1.99. The van der Waals surface area contributed by atoms with Gasteiger partial charge in [0.2, 0.25) is 11.8 Å². The van der Waals surface area contributed by atoms with Gasteiger partial charge in [-0.15, -0.1) is 0 Å². The van der Waals surface area contributed by atoms with E-state index in [1.165, 1.54) is 17.0 Å². The summed E-state index contributed by atoms with van der Waals surface area (Å²) in [5, 5.41) is 3.47. The molecule has 3 aromatic rings. The summed E-state index contributed by atoms with van der Waals surface area (Å²) in [5.41, 5.74) is 1.10. The van der Waals surface area contributed by atoms with Crippen molar-refractivity contribution in [2.45, 2.75) is 57.5 Å². The SMILES string of the molecule is CCCCNC(=O)C(CC)N(Cc1ccc(Cl)cc1)C(=O)CN(c1ccccc1)S(=O)(=O)c1ccc(OCC)cc1. The summed E-state index contributed by atoms with van der Waals surface area (Å²) in [7, 11) is -4.15. The van der Waals surface area contributed by atoms with E-state index in [0.717, 1.165) is 22.7 Å². The maximum atomic E-state index is 14.0. The highest BCUT2D eigenvalue weighted by atomic mass is 35.5. The van der Waals surface area contributed by atoms with E-state index < -0.39 is 28.5 Å². The van der Waals surface area contributed by atoms with Crippen molar-refractivity contribution in [3.8, 4) is 5.75 Å². The van der Waals surface area contributed by atoms with Crippen molar-refractivity contribution < 1.29 is 22.7 Å². The Morgan fingerprint density at radius 2 is 1.59 bits per heavy atom. The minimum absolute atomic E-state index is 0.0196. The molecule has 3 rings (SSSR count). The molecule has 10 heteroatoms. The number of hydrogen-bond acceptors (Lipinski definition) is 5. The zero-order valence-corrected chi connectivity index (χ0v) is 25.3. The summed E-state index contributed by atoms with van der Waals surface area (Å²) >= 11 is 6.07. The van der Waals surface area contributed by atoms with E-state index in [9.17, 15) is 18.0 Å². The summed E-state index contributed by atoms with van der Waals surface area (Å²) < 4.78 is 34.4. The van der Waals surface area contributed by atoms with Crippen molar-refractivity contribution in [3.05, 3.63) is 89.4 Å². The van der Waals surface area contributed by atoms with Crippen LogP contribution in [0, 0.1) is 0 Å². The zero-order chi connectivity index (χ0) is 29.8. The van der Waals surface area contributed by atoms with Crippen molar-refractivity contribution in [2.75, 3.05) is 24.0 Å². The van der Waals surface area contributed by atoms with Gasteiger partial charge in [0.15, 0.2) is 0 Å². The molecule has 0 spiro atoms. The summed E-state index contributed by atoms with van der Waals surface area (Å²) in [6.45, 7) is 6.27. The van der Waals surface area contributed by atoms with Gasteiger partial charge in [0, 0.05) is 18.1 Å². The smallest absolute Gasteiger partial charge is 0.264 e. The number of nitrogens with one attached hydrogen (secondary N) is 1. The van der Waals surface area contributed by atoms with Crippen molar-refractivity contribution in [3.63, 3.8) is 0 Å². The quantitative estimate of drug-likeness (QED) is 0.228. The number of carbonyl (C=O) groups is 2. The first kappa shape index (κ1) is 32.0. The molecule has 0 radical (unpaired) electrons. The van der Waals surface area contributed by atoms with Gasteiger partial charge in [-0.1, -0.05) is 62.2 Å². The zero-order valence-electron chi connectivity index (χ0n) is 23.8. The van der Waals surface area contributed by atoms with Gasteiger partial charge in [0.05, 0.1) is 17.2 Å². The van der Waals surface area contributed by atoms with Gasteiger partial charge < -0.3 is 15.0 Å². The molecule has 1 atom stereocenters. The predicted octanol–water partition coefficient (Wildman–Crippen LogP) is 5.66. The lowest BCUT2D eigenvalue weighted by atomic mass is 10.1. The van der Waals surface area contributed by atoms with Gasteiger partial charge >= 0.3 is 0 Å². The molecule has 0 heterocycles. The Bertz CT molecular complexity index is 1370. The van der Waals surface area contributed by atoms with Crippen molar-refractivity contribution >= 4 is 39.1 Å². The van der Waals surface area contributed by atoms with Crippen LogP contribution in [0.3, 0.4) is 0 Å². The van der Waals surface area contributed by atoms with Gasteiger partial charge in [-0.3, -0.25) is 13.9 Å². The first-order chi connectivity index (χ1) is 19.7. The second-order valence-electron chi connectivity index (χ2n) is 9.47. The van der Waals surface area contributed by atoms with Crippen molar-refractivity contribution in [1.82, 2.24) is 10.2 Å². The van der Waals surface area contributed by atoms with Gasteiger partial charge in [-0.25, -0.2) is 8.42 Å². The number of nitrogens with zero attached hydrogens (tertiary/aromatic N) is 2. The molecule has 1 unspecified atom stereocenters. The molecule has 3 aromatic carbocycles. The van der Waals surface area contributed by atoms with Gasteiger partial charge in [-0.2, -0.15) is 0 Å². The van der Waals surface area contributed by atoms with Crippen LogP contribution in [0.4, 0.5) is 5.69 Å². The fraction of sp³-hybridized carbons (Fsp3) is 0.355. The molecule has 0 saturated carbocycles. The summed E-state index contributed by atoms with van der Waals surface area (Å²) in [6, 6.07) is 20.8. The van der Waals surface area contributed by atoms with Crippen LogP contribution >= 0.6 is 11.6 Å². The molecule has 2 amide bonds. The number of benzene rings is 3. The molecule has 0 bridgehead atoms. The molecular formula is C31H38ClN3O5S. The molecule has 0 aliphatic carbocycles. The largest absolute Gasteiger partial charge is 0.494 e. The van der Waals surface area contributed by atoms with E-state index >= 15 is 0 Å². The average molecular weight is 600 g/mol. The van der Waals surface area contributed by atoms with Crippen LogP contribution in [0.15, 0.2) is 83.8 Å². The fourth-order valence-corrected chi connectivity index (χ4v) is 5.88. The third-order valence-corrected chi connectivity index (χ3v) is 8.57. The van der Waals surface area contributed by atoms with E-state index in [0.29, 0.717) is 36.0 Å². The number of halogens is 1. The maximum absolute atomic E-state index is 14.0. The van der Waals surface area contributed by atoms with Crippen LogP contribution in [0.2, 0.25) is 5.02 Å². The first-order valence-electron chi connectivity index (χ1n) is 13.8. The number of hydrogen-bond donors (Lipinski definition) is 1. The van der Waals surface area contributed by atoms with Crippen LogP contribution in [0.25, 0.3) is 0 Å². The van der Waals surface area contributed by atoms with Crippen LogP contribution < -0.4 is 14.4 Å². The Labute approximate surface area is 248 Å². The topological polar surface area (TPSA) is 96.0 Å². The molecule has 0 saturated heterocycles. The molecule has 0 fully saturated rings. The number of carbonyl (C=O) groups excluding carboxylic acids is 2. The summed E-state index contributed by atoms with van der Waals surface area (Å²) in [5.74, 6) is -0.234. The Morgan fingerprint density at radius 3 is 2.17 bits per heavy atom. The van der Waals surface area contributed by atoms with E-state index in [1.807, 2.05) is 20.8 Å². The summed E-state index contributed by atoms with van der Waals surface area (Å²) in [4.78, 5) is 28.7. The molecule has 8 nitrogen and oxygen atoms in total. The number of anilines is 1. The first-order valence-corrected chi connectivity index (χ1v) is 15.6. The molecule has 1 N–H and O–H groups in total. The van der Waals surface area contributed by atoms with Crippen LogP contribution in [-0.2, 0) is 26.2 Å². The highest BCUT2D eigenvalue weighted by Crippen LogP contribution is 2.26. The number of rotatable bonds is 15. The van der Waals surface area contributed by atoms with Crippen molar-refractivity contribution in [1.29, 1.82) is 0 Å². The molecular weight excluding hydrogens is 562 g/mol. The predicted molar refractivity (Wildman–Crippen MR) is 163 cm³/mol. The van der Waals surface area contributed by atoms with Crippen LogP contribution in [-0.4, -0.2) is 50.9 Å². The third kappa shape index (κ3) is 8.71. The van der Waals surface area contributed by atoms with E-state index in [4.69, 9.17) is 16.3 Å². The van der Waals surface area contributed by atoms with Crippen LogP contribution in [0.1, 0.15) is 45.6 Å². The minimum atomic E-state index is -4.15. The highest BCUT2D eigenvalue weighted by molar-refractivity contribution is 7.92. The van der Waals surface area contributed by atoms with E-state index in [-0.39, 0.29) is 17.3 Å². The Hall–Kier alpha value is -3.56. The Morgan fingerprint density at radius 1 is 0.927 bits per heavy atom. The standard InChI is InChI=1S/C31H38ClN3O5S/c1-4-7-21-33-31(37)29(5-2)34(22-24-13-15-25(32)16-14-24)30(36)23-35(26-11-9-8-10-12-26)41(38,39)28-19-17-27(18-20-28)40-6-3/h8-20,29H,4-7,21-23H2,1-3H3,(H,33,37). The highest BCUT2D eigenvalue weighted by Gasteiger charge is 2.33. The fourth-order valence-electron chi connectivity index (χ4n) is 4.34. The van der Waals surface area contributed by atoms with Gasteiger partial charge in [0.1, 0.15) is 18.3 Å². The average Bonchev–Trinajstić information content (AvgIpc) is 2.97. The number of amides is 2. The van der Waals surface area contributed by atoms with Crippen LogP contribution in [0.5, 0.6) is 5.75 Å². The van der Waals surface area contributed by atoms with E-state index in [2.05, 4.69) is 5.32 Å². The number of sulfonamides is 1. The maximum Gasteiger partial charge on any atom is 0.264 e. The molecule has 0 aliphatic heterocycles. The Kier molecular flexibility index (Phi) is 12.0. The van der Waals surface area contributed by atoms with E-state index in [1.54, 1.807) is 66.7 Å².